The van der Waals surface area contributed by atoms with Gasteiger partial charge >= 0.3 is 5.97 Å². The van der Waals surface area contributed by atoms with Gasteiger partial charge in [-0.2, -0.15) is 0 Å². The van der Waals surface area contributed by atoms with Crippen LogP contribution in [-0.4, -0.2) is 11.1 Å². The molecule has 0 radical (unpaired) electrons. The van der Waals surface area contributed by atoms with Gasteiger partial charge in [-0.1, -0.05) is 30.3 Å². The molecule has 0 saturated carbocycles. The van der Waals surface area contributed by atoms with E-state index in [-0.39, 0.29) is 11.6 Å². The SMILES string of the molecule is Cc1ccc(C(N)c2cccc(C(=O)O)c2)cc1C. The molecule has 3 N–H and O–H groups in total. The number of carboxylic acid groups (broad SMARTS) is 1. The molecule has 0 spiro atoms. The van der Waals surface area contributed by atoms with E-state index in [0.29, 0.717) is 0 Å². The topological polar surface area (TPSA) is 63.3 Å². The van der Waals surface area contributed by atoms with Gasteiger partial charge in [0.2, 0.25) is 0 Å². The summed E-state index contributed by atoms with van der Waals surface area (Å²) >= 11 is 0. The van der Waals surface area contributed by atoms with Crippen molar-refractivity contribution < 1.29 is 9.90 Å². The lowest BCUT2D eigenvalue weighted by molar-refractivity contribution is 0.0696. The fraction of sp³-hybridized carbons (Fsp3) is 0.188. The van der Waals surface area contributed by atoms with Crippen molar-refractivity contribution in [2.75, 3.05) is 0 Å². The van der Waals surface area contributed by atoms with Gasteiger partial charge in [-0.15, -0.1) is 0 Å². The summed E-state index contributed by atoms with van der Waals surface area (Å²) in [5, 5.41) is 9.00. The Bertz CT molecular complexity index is 620. The summed E-state index contributed by atoms with van der Waals surface area (Å²) in [5.41, 5.74) is 10.7. The summed E-state index contributed by atoms with van der Waals surface area (Å²) in [6.45, 7) is 4.09. The summed E-state index contributed by atoms with van der Waals surface area (Å²) in [7, 11) is 0. The van der Waals surface area contributed by atoms with E-state index in [1.54, 1.807) is 18.2 Å². The maximum Gasteiger partial charge on any atom is 0.335 e. The summed E-state index contributed by atoms with van der Waals surface area (Å²) in [5.74, 6) is -0.936. The van der Waals surface area contributed by atoms with Crippen LogP contribution in [0.2, 0.25) is 0 Å². The van der Waals surface area contributed by atoms with Gasteiger partial charge in [-0.3, -0.25) is 0 Å². The third-order valence-electron chi connectivity index (χ3n) is 3.38. The van der Waals surface area contributed by atoms with Crippen molar-refractivity contribution in [3.8, 4) is 0 Å². The van der Waals surface area contributed by atoms with Gasteiger partial charge in [0.15, 0.2) is 0 Å². The highest BCUT2D eigenvalue weighted by Crippen LogP contribution is 2.22. The second-order valence-corrected chi connectivity index (χ2v) is 4.75. The number of aromatic carboxylic acids is 1. The molecule has 0 aliphatic carbocycles. The summed E-state index contributed by atoms with van der Waals surface area (Å²) < 4.78 is 0. The minimum Gasteiger partial charge on any atom is -0.478 e. The van der Waals surface area contributed by atoms with E-state index < -0.39 is 5.97 Å². The predicted molar refractivity (Wildman–Crippen MR) is 75.3 cm³/mol. The van der Waals surface area contributed by atoms with E-state index in [1.807, 2.05) is 31.2 Å². The van der Waals surface area contributed by atoms with Crippen molar-refractivity contribution >= 4 is 5.97 Å². The highest BCUT2D eigenvalue weighted by atomic mass is 16.4. The molecule has 1 unspecified atom stereocenters. The van der Waals surface area contributed by atoms with E-state index >= 15 is 0 Å². The van der Waals surface area contributed by atoms with Gasteiger partial charge in [-0.05, 0) is 48.2 Å². The maximum atomic E-state index is 11.0. The van der Waals surface area contributed by atoms with Gasteiger partial charge in [0, 0.05) is 0 Å². The molecule has 19 heavy (non-hydrogen) atoms. The fourth-order valence-corrected chi connectivity index (χ4v) is 2.02. The molecule has 98 valence electrons. The zero-order chi connectivity index (χ0) is 14.0. The normalized spacial score (nSPS) is 12.2. The van der Waals surface area contributed by atoms with Crippen LogP contribution in [0.25, 0.3) is 0 Å². The van der Waals surface area contributed by atoms with Crippen LogP contribution in [0.4, 0.5) is 0 Å². The Morgan fingerprint density at radius 3 is 2.37 bits per heavy atom. The first kappa shape index (κ1) is 13.3. The van der Waals surface area contributed by atoms with Gasteiger partial charge in [0.1, 0.15) is 0 Å². The molecule has 0 saturated heterocycles. The van der Waals surface area contributed by atoms with E-state index in [0.717, 1.165) is 11.1 Å². The molecule has 0 amide bonds. The number of carbonyl (C=O) groups is 1. The number of hydrogen-bond acceptors (Lipinski definition) is 2. The molecule has 2 aromatic carbocycles. The van der Waals surface area contributed by atoms with Crippen molar-refractivity contribution in [3.63, 3.8) is 0 Å². The monoisotopic (exact) mass is 255 g/mol. The second kappa shape index (κ2) is 5.24. The molecule has 3 heteroatoms. The highest BCUT2D eigenvalue weighted by Gasteiger charge is 2.12. The summed E-state index contributed by atoms with van der Waals surface area (Å²) in [4.78, 5) is 11.0. The minimum atomic E-state index is -0.936. The van der Waals surface area contributed by atoms with Crippen LogP contribution in [0, 0.1) is 13.8 Å². The Hall–Kier alpha value is -2.13. The lowest BCUT2D eigenvalue weighted by atomic mass is 9.95. The van der Waals surface area contributed by atoms with E-state index in [9.17, 15) is 4.79 Å². The quantitative estimate of drug-likeness (QED) is 0.886. The first-order valence-electron chi connectivity index (χ1n) is 6.15. The van der Waals surface area contributed by atoms with E-state index in [4.69, 9.17) is 10.8 Å². The van der Waals surface area contributed by atoms with Crippen LogP contribution in [0.15, 0.2) is 42.5 Å². The molecule has 0 aliphatic rings. The zero-order valence-corrected chi connectivity index (χ0v) is 11.1. The van der Waals surface area contributed by atoms with Crippen molar-refractivity contribution in [2.24, 2.45) is 5.73 Å². The first-order chi connectivity index (χ1) is 8.99. The molecule has 1 atom stereocenters. The third-order valence-corrected chi connectivity index (χ3v) is 3.38. The molecular formula is C16H17NO2. The van der Waals surface area contributed by atoms with Gasteiger partial charge in [0.05, 0.1) is 11.6 Å². The van der Waals surface area contributed by atoms with E-state index in [2.05, 4.69) is 6.92 Å². The number of hydrogen-bond donors (Lipinski definition) is 2. The summed E-state index contributed by atoms with van der Waals surface area (Å²) in [6.07, 6.45) is 0. The minimum absolute atomic E-state index is 0.261. The Labute approximate surface area is 112 Å². The predicted octanol–water partition coefficient (Wildman–Crippen LogP) is 3.05. The molecule has 2 rings (SSSR count). The van der Waals surface area contributed by atoms with Gasteiger partial charge in [-0.25, -0.2) is 4.79 Å². The third kappa shape index (κ3) is 2.83. The Morgan fingerprint density at radius 1 is 1.05 bits per heavy atom. The number of aryl methyl sites for hydroxylation is 2. The van der Waals surface area contributed by atoms with Crippen molar-refractivity contribution in [3.05, 3.63) is 70.3 Å². The number of nitrogens with two attached hydrogens (primary N) is 1. The number of rotatable bonds is 3. The van der Waals surface area contributed by atoms with Gasteiger partial charge in [0.25, 0.3) is 0 Å². The average molecular weight is 255 g/mol. The molecule has 0 bridgehead atoms. The summed E-state index contributed by atoms with van der Waals surface area (Å²) in [6, 6.07) is 12.5. The van der Waals surface area contributed by atoms with Crippen LogP contribution in [0.1, 0.15) is 38.7 Å². The van der Waals surface area contributed by atoms with Crippen molar-refractivity contribution in [2.45, 2.75) is 19.9 Å². The molecule has 0 aromatic heterocycles. The zero-order valence-electron chi connectivity index (χ0n) is 11.1. The molecule has 0 heterocycles. The molecule has 0 fully saturated rings. The lowest BCUT2D eigenvalue weighted by Crippen LogP contribution is -2.13. The van der Waals surface area contributed by atoms with E-state index in [1.165, 1.54) is 11.1 Å². The van der Waals surface area contributed by atoms with Crippen molar-refractivity contribution in [1.29, 1.82) is 0 Å². The largest absolute Gasteiger partial charge is 0.478 e. The van der Waals surface area contributed by atoms with Crippen LogP contribution in [-0.2, 0) is 0 Å². The average Bonchev–Trinajstić information content (AvgIpc) is 2.41. The number of benzene rings is 2. The standard InChI is InChI=1S/C16H17NO2/c1-10-6-7-13(8-11(10)2)15(17)12-4-3-5-14(9-12)16(18)19/h3-9,15H,17H2,1-2H3,(H,18,19). The Morgan fingerprint density at radius 2 is 1.74 bits per heavy atom. The molecule has 2 aromatic rings. The van der Waals surface area contributed by atoms with Crippen LogP contribution in [0.3, 0.4) is 0 Å². The highest BCUT2D eigenvalue weighted by molar-refractivity contribution is 5.87. The molecule has 3 nitrogen and oxygen atoms in total. The van der Waals surface area contributed by atoms with Gasteiger partial charge < -0.3 is 10.8 Å². The Balaban J connectivity index is 2.37. The second-order valence-electron chi connectivity index (χ2n) is 4.75. The number of carboxylic acids is 1. The maximum absolute atomic E-state index is 11.0. The lowest BCUT2D eigenvalue weighted by Gasteiger charge is -2.14. The van der Waals surface area contributed by atoms with Crippen LogP contribution in [0.5, 0.6) is 0 Å². The first-order valence-corrected chi connectivity index (χ1v) is 6.15. The molecular weight excluding hydrogens is 238 g/mol. The van der Waals surface area contributed by atoms with Crippen molar-refractivity contribution in [1.82, 2.24) is 0 Å². The molecule has 0 aliphatic heterocycles. The van der Waals surface area contributed by atoms with Crippen LogP contribution >= 0.6 is 0 Å². The Kier molecular flexibility index (Phi) is 3.67. The fourth-order valence-electron chi connectivity index (χ4n) is 2.02. The van der Waals surface area contributed by atoms with Crippen LogP contribution < -0.4 is 5.73 Å². The smallest absolute Gasteiger partial charge is 0.335 e.